The highest BCUT2D eigenvalue weighted by atomic mass is 16.3. The molecule has 12 heavy (non-hydrogen) atoms. The normalized spacial score (nSPS) is 26.4. The zero-order chi connectivity index (χ0) is 9.14. The molecule has 2 atom stereocenters. The van der Waals surface area contributed by atoms with Crippen molar-refractivity contribution in [3.05, 3.63) is 0 Å². The highest BCUT2D eigenvalue weighted by Gasteiger charge is 2.27. The van der Waals surface area contributed by atoms with Crippen molar-refractivity contribution in [3.8, 4) is 0 Å². The summed E-state index contributed by atoms with van der Waals surface area (Å²) >= 11 is 0. The van der Waals surface area contributed by atoms with Crippen LogP contribution in [-0.2, 0) is 4.79 Å². The van der Waals surface area contributed by atoms with E-state index in [1.807, 2.05) is 6.92 Å². The van der Waals surface area contributed by atoms with Gasteiger partial charge in [-0.2, -0.15) is 0 Å². The number of rotatable bonds is 3. The summed E-state index contributed by atoms with van der Waals surface area (Å²) in [5.74, 6) is 0.457. The largest absolute Gasteiger partial charge is 0.394 e. The molecule has 0 aromatic heterocycles. The molecule has 2 N–H and O–H groups in total. The fraction of sp³-hybridized carbons (Fsp3) is 0.875. The molecule has 4 nitrogen and oxygen atoms in total. The van der Waals surface area contributed by atoms with Crippen molar-refractivity contribution in [3.63, 3.8) is 0 Å². The first-order valence-electron chi connectivity index (χ1n) is 4.20. The number of aliphatic hydroxyl groups excluding tert-OH is 2. The van der Waals surface area contributed by atoms with Gasteiger partial charge in [-0.3, -0.25) is 4.79 Å². The molecule has 70 valence electrons. The van der Waals surface area contributed by atoms with Crippen LogP contribution in [-0.4, -0.2) is 46.8 Å². The molecule has 1 amide bonds. The van der Waals surface area contributed by atoms with Crippen molar-refractivity contribution in [2.75, 3.05) is 19.7 Å². The molecule has 0 aromatic carbocycles. The maximum Gasteiger partial charge on any atom is 0.223 e. The van der Waals surface area contributed by atoms with E-state index in [0.29, 0.717) is 18.9 Å². The van der Waals surface area contributed by atoms with Gasteiger partial charge in [0.2, 0.25) is 5.91 Å². The molecular formula is C8H15NO3. The van der Waals surface area contributed by atoms with Gasteiger partial charge in [0.1, 0.15) is 0 Å². The molecule has 2 unspecified atom stereocenters. The first-order chi connectivity index (χ1) is 5.63. The van der Waals surface area contributed by atoms with Gasteiger partial charge in [0.15, 0.2) is 0 Å². The van der Waals surface area contributed by atoms with E-state index in [2.05, 4.69) is 0 Å². The molecule has 0 aliphatic carbocycles. The molecule has 0 aromatic rings. The number of hydrogen-bond donors (Lipinski definition) is 2. The Hall–Kier alpha value is -0.610. The molecule has 0 bridgehead atoms. The summed E-state index contributed by atoms with van der Waals surface area (Å²) in [5, 5.41) is 17.6. The second kappa shape index (κ2) is 3.87. The number of carbonyl (C=O) groups excluding carboxylic acids is 1. The lowest BCUT2D eigenvalue weighted by molar-refractivity contribution is -0.129. The Balaban J connectivity index is 2.37. The van der Waals surface area contributed by atoms with Crippen molar-refractivity contribution < 1.29 is 15.0 Å². The maximum absolute atomic E-state index is 11.2. The fourth-order valence-corrected chi connectivity index (χ4v) is 1.46. The smallest absolute Gasteiger partial charge is 0.223 e. The van der Waals surface area contributed by atoms with Crippen LogP contribution in [0.4, 0.5) is 0 Å². The fourth-order valence-electron chi connectivity index (χ4n) is 1.46. The summed E-state index contributed by atoms with van der Waals surface area (Å²) in [6.07, 6.45) is -0.225. The molecular weight excluding hydrogens is 158 g/mol. The lowest BCUT2D eigenvalue weighted by Gasteiger charge is -2.18. The van der Waals surface area contributed by atoms with Crippen LogP contribution in [0.5, 0.6) is 0 Å². The third-order valence-electron chi connectivity index (χ3n) is 2.05. The summed E-state index contributed by atoms with van der Waals surface area (Å²) in [6.45, 7) is 2.69. The number of hydrogen-bond acceptors (Lipinski definition) is 3. The Bertz CT molecular complexity index is 172. The SMILES string of the molecule is CC1CC(=O)N(CC(O)CO)C1. The van der Waals surface area contributed by atoms with Gasteiger partial charge in [0.05, 0.1) is 12.7 Å². The molecule has 4 heteroatoms. The van der Waals surface area contributed by atoms with Gasteiger partial charge in [0.25, 0.3) is 0 Å². The zero-order valence-corrected chi connectivity index (χ0v) is 7.23. The summed E-state index contributed by atoms with van der Waals surface area (Å²) in [5.41, 5.74) is 0. The van der Waals surface area contributed by atoms with Crippen molar-refractivity contribution >= 4 is 5.91 Å². The monoisotopic (exact) mass is 173 g/mol. The first-order valence-corrected chi connectivity index (χ1v) is 4.20. The zero-order valence-electron chi connectivity index (χ0n) is 7.23. The molecule has 0 saturated carbocycles. The van der Waals surface area contributed by atoms with Crippen molar-refractivity contribution in [1.82, 2.24) is 4.90 Å². The van der Waals surface area contributed by atoms with Crippen LogP contribution in [0.25, 0.3) is 0 Å². The number of nitrogens with zero attached hydrogens (tertiary/aromatic N) is 1. The third-order valence-corrected chi connectivity index (χ3v) is 2.05. The van der Waals surface area contributed by atoms with Crippen LogP contribution in [0, 0.1) is 5.92 Å². The molecule has 1 saturated heterocycles. The summed E-state index contributed by atoms with van der Waals surface area (Å²) in [6, 6.07) is 0. The van der Waals surface area contributed by atoms with Gasteiger partial charge in [-0.1, -0.05) is 6.92 Å². The van der Waals surface area contributed by atoms with E-state index >= 15 is 0 Å². The van der Waals surface area contributed by atoms with Gasteiger partial charge in [-0.15, -0.1) is 0 Å². The van der Waals surface area contributed by atoms with Crippen LogP contribution in [0.2, 0.25) is 0 Å². The van der Waals surface area contributed by atoms with Crippen molar-refractivity contribution in [2.45, 2.75) is 19.4 Å². The molecule has 0 spiro atoms. The average molecular weight is 173 g/mol. The van der Waals surface area contributed by atoms with Gasteiger partial charge in [-0.25, -0.2) is 0 Å². The van der Waals surface area contributed by atoms with E-state index in [1.54, 1.807) is 4.90 Å². The standard InChI is InChI=1S/C8H15NO3/c1-6-2-8(12)9(3-6)4-7(11)5-10/h6-7,10-11H,2-5H2,1H3. The topological polar surface area (TPSA) is 60.8 Å². The quantitative estimate of drug-likeness (QED) is 0.588. The van der Waals surface area contributed by atoms with Crippen LogP contribution in [0.1, 0.15) is 13.3 Å². The average Bonchev–Trinajstić information content (AvgIpc) is 2.30. The van der Waals surface area contributed by atoms with Gasteiger partial charge in [-0.05, 0) is 5.92 Å². The molecule has 1 aliphatic rings. The van der Waals surface area contributed by atoms with E-state index < -0.39 is 6.10 Å². The maximum atomic E-state index is 11.2. The van der Waals surface area contributed by atoms with E-state index in [1.165, 1.54) is 0 Å². The minimum Gasteiger partial charge on any atom is -0.394 e. The predicted molar refractivity (Wildman–Crippen MR) is 43.5 cm³/mol. The molecule has 1 rings (SSSR count). The minimum absolute atomic E-state index is 0.0787. The lowest BCUT2D eigenvalue weighted by Crippen LogP contribution is -2.35. The number of β-amino-alcohol motifs (C(OH)–C–C–N with tert-alkyl or cyclic N) is 1. The van der Waals surface area contributed by atoms with E-state index in [9.17, 15) is 4.79 Å². The minimum atomic E-state index is -0.792. The molecule has 0 radical (unpaired) electrons. The second-order valence-corrected chi connectivity index (χ2v) is 3.44. The number of likely N-dealkylation sites (tertiary alicyclic amines) is 1. The van der Waals surface area contributed by atoms with Crippen LogP contribution in [0.15, 0.2) is 0 Å². The summed E-state index contributed by atoms with van der Waals surface area (Å²) in [4.78, 5) is 12.8. The third kappa shape index (κ3) is 2.19. The van der Waals surface area contributed by atoms with E-state index in [0.717, 1.165) is 0 Å². The molecule has 1 heterocycles. The van der Waals surface area contributed by atoms with Crippen molar-refractivity contribution in [2.24, 2.45) is 5.92 Å². The predicted octanol–water partition coefficient (Wildman–Crippen LogP) is -0.792. The second-order valence-electron chi connectivity index (χ2n) is 3.44. The highest BCUT2D eigenvalue weighted by molar-refractivity contribution is 5.78. The van der Waals surface area contributed by atoms with Gasteiger partial charge < -0.3 is 15.1 Å². The van der Waals surface area contributed by atoms with Crippen LogP contribution in [0.3, 0.4) is 0 Å². The van der Waals surface area contributed by atoms with Gasteiger partial charge >= 0.3 is 0 Å². The first kappa shape index (κ1) is 9.48. The van der Waals surface area contributed by atoms with Crippen molar-refractivity contribution in [1.29, 1.82) is 0 Å². The Labute approximate surface area is 71.8 Å². The summed E-state index contributed by atoms with van der Waals surface area (Å²) in [7, 11) is 0. The van der Waals surface area contributed by atoms with E-state index in [-0.39, 0.29) is 19.1 Å². The number of aliphatic hydroxyl groups is 2. The highest BCUT2D eigenvalue weighted by Crippen LogP contribution is 2.16. The van der Waals surface area contributed by atoms with E-state index in [4.69, 9.17) is 10.2 Å². The Morgan fingerprint density at radius 3 is 2.83 bits per heavy atom. The number of carbonyl (C=O) groups is 1. The Morgan fingerprint density at radius 2 is 2.42 bits per heavy atom. The lowest BCUT2D eigenvalue weighted by atomic mass is 10.2. The molecule has 1 fully saturated rings. The molecule has 1 aliphatic heterocycles. The Kier molecular flexibility index (Phi) is 3.05. The van der Waals surface area contributed by atoms with Crippen LogP contribution >= 0.6 is 0 Å². The number of amides is 1. The Morgan fingerprint density at radius 1 is 1.75 bits per heavy atom. The van der Waals surface area contributed by atoms with Crippen LogP contribution < -0.4 is 0 Å². The van der Waals surface area contributed by atoms with Gasteiger partial charge in [0, 0.05) is 19.5 Å². The summed E-state index contributed by atoms with van der Waals surface area (Å²) < 4.78 is 0.